The molecule has 0 aromatic heterocycles. The lowest BCUT2D eigenvalue weighted by Gasteiger charge is -2.40. The van der Waals surface area contributed by atoms with Crippen molar-refractivity contribution in [2.45, 2.75) is 25.9 Å². The molecule has 0 aromatic carbocycles. The molecule has 0 bridgehead atoms. The van der Waals surface area contributed by atoms with Crippen molar-refractivity contribution in [3.05, 3.63) is 0 Å². The number of hydrogen-bond acceptors (Lipinski definition) is 3. The zero-order chi connectivity index (χ0) is 6.85. The molecule has 0 atom stereocenters. The second-order valence-corrected chi connectivity index (χ2v) is 2.87. The minimum Gasteiger partial charge on any atom is -0.316 e. The highest BCUT2D eigenvalue weighted by Crippen LogP contribution is 2.10. The van der Waals surface area contributed by atoms with Crippen molar-refractivity contribution >= 4 is 0 Å². The molecule has 9 heavy (non-hydrogen) atoms. The van der Waals surface area contributed by atoms with Gasteiger partial charge in [0.05, 0.1) is 6.04 Å². The first-order chi connectivity index (χ1) is 4.24. The number of rotatable bonds is 2. The number of hydroxylamine groups is 1. The number of hydrogen-bond donors (Lipinski definition) is 2. The third kappa shape index (κ3) is 1.41. The van der Waals surface area contributed by atoms with E-state index in [4.69, 9.17) is 5.21 Å². The first-order valence-corrected chi connectivity index (χ1v) is 3.37. The molecule has 3 nitrogen and oxygen atoms in total. The van der Waals surface area contributed by atoms with E-state index in [0.717, 1.165) is 13.1 Å². The molecule has 1 rings (SSSR count). The summed E-state index contributed by atoms with van der Waals surface area (Å²) in [5.74, 6) is 0. The third-order valence-corrected chi connectivity index (χ3v) is 1.82. The third-order valence-electron chi connectivity index (χ3n) is 1.82. The fraction of sp³-hybridized carbons (Fsp3) is 1.00. The quantitative estimate of drug-likeness (QED) is 0.519. The van der Waals surface area contributed by atoms with Crippen molar-refractivity contribution in [1.82, 2.24) is 10.4 Å². The normalized spacial score (nSPS) is 22.7. The van der Waals surface area contributed by atoms with Crippen LogP contribution in [-0.2, 0) is 0 Å². The highest BCUT2D eigenvalue weighted by Gasteiger charge is 2.27. The Bertz CT molecular complexity index is 89.1. The van der Waals surface area contributed by atoms with Crippen molar-refractivity contribution in [1.29, 1.82) is 0 Å². The molecule has 1 aliphatic heterocycles. The number of nitrogens with zero attached hydrogens (tertiary/aromatic N) is 1. The zero-order valence-electron chi connectivity index (χ0n) is 5.96. The largest absolute Gasteiger partial charge is 0.316 e. The zero-order valence-corrected chi connectivity index (χ0v) is 5.96. The molecule has 1 saturated heterocycles. The lowest BCUT2D eigenvalue weighted by atomic mass is 10.1. The van der Waals surface area contributed by atoms with Crippen LogP contribution in [0.25, 0.3) is 0 Å². The Labute approximate surface area is 55.6 Å². The number of likely N-dealkylation sites (tertiary alicyclic amines) is 1. The summed E-state index contributed by atoms with van der Waals surface area (Å²) < 4.78 is 0. The van der Waals surface area contributed by atoms with E-state index in [1.165, 1.54) is 0 Å². The van der Waals surface area contributed by atoms with Crippen LogP contribution in [0.5, 0.6) is 0 Å². The van der Waals surface area contributed by atoms with Gasteiger partial charge in [-0.05, 0) is 13.8 Å². The fourth-order valence-corrected chi connectivity index (χ4v) is 1.02. The summed E-state index contributed by atoms with van der Waals surface area (Å²) in [5.41, 5.74) is 2.24. The lowest BCUT2D eigenvalue weighted by molar-refractivity contribution is 0.0114. The van der Waals surface area contributed by atoms with Crippen LogP contribution >= 0.6 is 0 Å². The van der Waals surface area contributed by atoms with Crippen molar-refractivity contribution < 1.29 is 5.21 Å². The average Bonchev–Trinajstić information content (AvgIpc) is 1.61. The molecule has 1 aliphatic rings. The molecule has 0 radical (unpaired) electrons. The van der Waals surface area contributed by atoms with E-state index in [0.29, 0.717) is 12.1 Å². The van der Waals surface area contributed by atoms with Crippen LogP contribution in [0, 0.1) is 0 Å². The summed E-state index contributed by atoms with van der Waals surface area (Å²) in [5, 5.41) is 8.41. The van der Waals surface area contributed by atoms with E-state index in [-0.39, 0.29) is 0 Å². The van der Waals surface area contributed by atoms with Crippen LogP contribution in [0.15, 0.2) is 0 Å². The fourth-order valence-electron chi connectivity index (χ4n) is 1.02. The van der Waals surface area contributed by atoms with E-state index >= 15 is 0 Å². The maximum atomic E-state index is 8.41. The van der Waals surface area contributed by atoms with Gasteiger partial charge in [0.15, 0.2) is 0 Å². The van der Waals surface area contributed by atoms with Crippen LogP contribution in [0.2, 0.25) is 0 Å². The monoisotopic (exact) mass is 130 g/mol. The second kappa shape index (κ2) is 2.64. The number of nitrogens with one attached hydrogen (secondary N) is 1. The van der Waals surface area contributed by atoms with Gasteiger partial charge < -0.3 is 5.21 Å². The van der Waals surface area contributed by atoms with Crippen molar-refractivity contribution in [3.8, 4) is 0 Å². The van der Waals surface area contributed by atoms with Gasteiger partial charge in [-0.15, -0.1) is 0 Å². The van der Waals surface area contributed by atoms with Crippen LogP contribution < -0.4 is 5.48 Å². The maximum absolute atomic E-state index is 8.41. The maximum Gasteiger partial charge on any atom is 0.0574 e. The lowest BCUT2D eigenvalue weighted by Crippen LogP contribution is -2.59. The van der Waals surface area contributed by atoms with Crippen molar-refractivity contribution in [2.75, 3.05) is 13.1 Å². The summed E-state index contributed by atoms with van der Waals surface area (Å²) in [4.78, 5) is 2.30. The van der Waals surface area contributed by atoms with E-state index in [1.54, 1.807) is 0 Å². The van der Waals surface area contributed by atoms with Gasteiger partial charge in [-0.1, -0.05) is 0 Å². The van der Waals surface area contributed by atoms with Crippen LogP contribution in [0.4, 0.5) is 0 Å². The summed E-state index contributed by atoms with van der Waals surface area (Å²) in [6.07, 6.45) is 0. The standard InChI is InChI=1S/C6H14N2O/c1-5(2)8-3-6(4-8)7-9/h5-7,9H,3-4H2,1-2H3. The summed E-state index contributed by atoms with van der Waals surface area (Å²) in [7, 11) is 0. The summed E-state index contributed by atoms with van der Waals surface area (Å²) >= 11 is 0. The van der Waals surface area contributed by atoms with Gasteiger partial charge >= 0.3 is 0 Å². The molecule has 0 aromatic rings. The van der Waals surface area contributed by atoms with Gasteiger partial charge in [0.25, 0.3) is 0 Å². The Balaban J connectivity index is 2.12. The SMILES string of the molecule is CC(C)N1CC(NO)C1. The molecule has 3 heteroatoms. The van der Waals surface area contributed by atoms with Gasteiger partial charge in [-0.25, -0.2) is 0 Å². The molecule has 0 amide bonds. The van der Waals surface area contributed by atoms with Gasteiger partial charge in [-0.2, -0.15) is 5.48 Å². The molecule has 1 fully saturated rings. The van der Waals surface area contributed by atoms with E-state index in [9.17, 15) is 0 Å². The van der Waals surface area contributed by atoms with Crippen molar-refractivity contribution in [2.24, 2.45) is 0 Å². The highest BCUT2D eigenvalue weighted by atomic mass is 16.5. The minimum absolute atomic E-state index is 0.312. The second-order valence-electron chi connectivity index (χ2n) is 2.87. The van der Waals surface area contributed by atoms with Gasteiger partial charge in [-0.3, -0.25) is 4.90 Å². The highest BCUT2D eigenvalue weighted by molar-refractivity contribution is 4.84. The van der Waals surface area contributed by atoms with Crippen molar-refractivity contribution in [3.63, 3.8) is 0 Å². The molecule has 0 aliphatic carbocycles. The predicted octanol–water partition coefficient (Wildman–Crippen LogP) is 0.0578. The first-order valence-electron chi connectivity index (χ1n) is 3.37. The Kier molecular flexibility index (Phi) is 2.05. The minimum atomic E-state index is 0.312. The summed E-state index contributed by atoms with van der Waals surface area (Å²) in [6, 6.07) is 0.932. The Morgan fingerprint density at radius 1 is 1.56 bits per heavy atom. The van der Waals surface area contributed by atoms with Crippen LogP contribution in [-0.4, -0.2) is 35.3 Å². The summed E-state index contributed by atoms with van der Waals surface area (Å²) in [6.45, 7) is 6.28. The topological polar surface area (TPSA) is 35.5 Å². The molecule has 0 saturated carbocycles. The molecule has 54 valence electrons. The Morgan fingerprint density at radius 2 is 2.11 bits per heavy atom. The van der Waals surface area contributed by atoms with Gasteiger partial charge in [0.2, 0.25) is 0 Å². The first kappa shape index (κ1) is 6.99. The van der Waals surface area contributed by atoms with E-state index < -0.39 is 0 Å². The molecule has 2 N–H and O–H groups in total. The van der Waals surface area contributed by atoms with Crippen LogP contribution in [0.1, 0.15) is 13.8 Å². The van der Waals surface area contributed by atoms with Gasteiger partial charge in [0, 0.05) is 19.1 Å². The molecular weight excluding hydrogens is 116 g/mol. The van der Waals surface area contributed by atoms with Crippen LogP contribution in [0.3, 0.4) is 0 Å². The average molecular weight is 130 g/mol. The van der Waals surface area contributed by atoms with E-state index in [2.05, 4.69) is 24.2 Å². The Hall–Kier alpha value is -0.120. The smallest absolute Gasteiger partial charge is 0.0574 e. The van der Waals surface area contributed by atoms with Gasteiger partial charge in [0.1, 0.15) is 0 Å². The predicted molar refractivity (Wildman–Crippen MR) is 35.4 cm³/mol. The molecule has 1 heterocycles. The molecule has 0 spiro atoms. The molecule has 0 unspecified atom stereocenters. The van der Waals surface area contributed by atoms with E-state index in [1.807, 2.05) is 0 Å². The molecular formula is C6H14N2O. The Morgan fingerprint density at radius 3 is 2.44 bits per heavy atom.